The molecule has 3 amide bonds. The number of nitrogens with zero attached hydrogens (tertiary/aromatic N) is 2. The lowest BCUT2D eigenvalue weighted by Crippen LogP contribution is -2.36. The minimum absolute atomic E-state index is 0.212. The van der Waals surface area contributed by atoms with Gasteiger partial charge in [0.25, 0.3) is 5.91 Å². The Kier molecular flexibility index (Phi) is 8.86. The van der Waals surface area contributed by atoms with E-state index in [0.29, 0.717) is 43.1 Å². The lowest BCUT2D eigenvalue weighted by atomic mass is 10.1. The molecule has 2 heterocycles. The zero-order valence-corrected chi connectivity index (χ0v) is 23.5. The molecule has 0 aliphatic carbocycles. The van der Waals surface area contributed by atoms with Crippen molar-refractivity contribution in [1.29, 1.82) is 0 Å². The predicted octanol–water partition coefficient (Wildman–Crippen LogP) is 5.33. The van der Waals surface area contributed by atoms with Gasteiger partial charge in [0.2, 0.25) is 5.91 Å². The van der Waals surface area contributed by atoms with Crippen LogP contribution in [0.1, 0.15) is 50.0 Å². The van der Waals surface area contributed by atoms with Gasteiger partial charge in [-0.05, 0) is 63.9 Å². The Balaban J connectivity index is 1.40. The summed E-state index contributed by atoms with van der Waals surface area (Å²) < 4.78 is 11.1. The van der Waals surface area contributed by atoms with Crippen LogP contribution in [0.3, 0.4) is 0 Å². The van der Waals surface area contributed by atoms with Gasteiger partial charge in [-0.2, -0.15) is 0 Å². The Labute approximate surface area is 232 Å². The van der Waals surface area contributed by atoms with E-state index in [1.807, 2.05) is 57.3 Å². The van der Waals surface area contributed by atoms with Gasteiger partial charge in [0, 0.05) is 42.5 Å². The molecule has 1 unspecified atom stereocenters. The zero-order valence-electron chi connectivity index (χ0n) is 22.7. The van der Waals surface area contributed by atoms with E-state index in [9.17, 15) is 14.4 Å². The number of ether oxygens (including phenoxy) is 2. The maximum Gasteiger partial charge on any atom is 0.410 e. The van der Waals surface area contributed by atoms with E-state index in [4.69, 9.17) is 9.47 Å². The number of thiazole rings is 1. The molecule has 10 heteroatoms. The van der Waals surface area contributed by atoms with Crippen molar-refractivity contribution in [2.24, 2.45) is 5.92 Å². The Morgan fingerprint density at radius 3 is 2.69 bits per heavy atom. The van der Waals surface area contributed by atoms with Crippen molar-refractivity contribution in [2.45, 2.75) is 46.3 Å². The molecular formula is C29H34N4O5S. The fraction of sp³-hybridized carbons (Fsp3) is 0.379. The van der Waals surface area contributed by atoms with Gasteiger partial charge in [-0.1, -0.05) is 18.2 Å². The molecule has 1 atom stereocenters. The maximum absolute atomic E-state index is 13.2. The van der Waals surface area contributed by atoms with E-state index in [0.717, 1.165) is 16.1 Å². The average molecular weight is 551 g/mol. The number of carbonyl (C=O) groups excluding carboxylic acids is 3. The summed E-state index contributed by atoms with van der Waals surface area (Å²) in [6, 6.07) is 12.9. The Bertz CT molecular complexity index is 1320. The molecule has 0 radical (unpaired) electrons. The third kappa shape index (κ3) is 7.57. The number of likely N-dealkylation sites (tertiary alicyclic amines) is 1. The van der Waals surface area contributed by atoms with Crippen LogP contribution >= 0.6 is 11.3 Å². The van der Waals surface area contributed by atoms with Crippen molar-refractivity contribution >= 4 is 34.9 Å². The third-order valence-corrected chi connectivity index (χ3v) is 6.88. The van der Waals surface area contributed by atoms with Crippen molar-refractivity contribution in [1.82, 2.24) is 15.2 Å². The standard InChI is InChI=1S/C29H34N4O5S/c1-5-37-24-10-9-22(32-25(34)21-11-13-33(18-21)28(36)38-29(2,3)4)16-23(24)26(35)31-17-19-7-6-8-20(15-19)27-30-12-14-39-27/h6-10,12,14-16,21H,5,11,13,17-18H2,1-4H3,(H,31,35)(H,32,34). The molecule has 3 aromatic rings. The van der Waals surface area contributed by atoms with E-state index in [1.54, 1.807) is 40.6 Å². The van der Waals surface area contributed by atoms with Crippen molar-refractivity contribution < 1.29 is 23.9 Å². The second kappa shape index (κ2) is 12.3. The molecular weight excluding hydrogens is 516 g/mol. The van der Waals surface area contributed by atoms with Gasteiger partial charge < -0.3 is 25.0 Å². The number of benzene rings is 2. The van der Waals surface area contributed by atoms with Gasteiger partial charge in [-0.25, -0.2) is 9.78 Å². The maximum atomic E-state index is 13.2. The second-order valence-electron chi connectivity index (χ2n) is 10.3. The number of carbonyl (C=O) groups is 3. The lowest BCUT2D eigenvalue weighted by molar-refractivity contribution is -0.119. The second-order valence-corrected chi connectivity index (χ2v) is 11.2. The third-order valence-electron chi connectivity index (χ3n) is 6.06. The summed E-state index contributed by atoms with van der Waals surface area (Å²) in [6.07, 6.45) is 1.88. The van der Waals surface area contributed by atoms with Gasteiger partial charge in [-0.3, -0.25) is 9.59 Å². The number of nitrogens with one attached hydrogen (secondary N) is 2. The summed E-state index contributed by atoms with van der Waals surface area (Å²) in [7, 11) is 0. The van der Waals surface area contributed by atoms with Crippen LogP contribution < -0.4 is 15.4 Å². The number of aromatic nitrogens is 1. The summed E-state index contributed by atoms with van der Waals surface area (Å²) >= 11 is 1.56. The number of rotatable bonds is 8. The van der Waals surface area contributed by atoms with Gasteiger partial charge in [0.05, 0.1) is 18.1 Å². The van der Waals surface area contributed by atoms with Gasteiger partial charge in [0.1, 0.15) is 16.4 Å². The molecule has 0 spiro atoms. The molecule has 0 bridgehead atoms. The number of amides is 3. The summed E-state index contributed by atoms with van der Waals surface area (Å²) in [5.74, 6) is -0.463. The first-order valence-electron chi connectivity index (χ1n) is 13.0. The average Bonchev–Trinajstić information content (AvgIpc) is 3.60. The summed E-state index contributed by atoms with van der Waals surface area (Å²) in [6.45, 7) is 8.73. The molecule has 39 heavy (non-hydrogen) atoms. The monoisotopic (exact) mass is 550 g/mol. The quantitative estimate of drug-likeness (QED) is 0.392. The Morgan fingerprint density at radius 1 is 1.15 bits per heavy atom. The molecule has 1 aliphatic rings. The van der Waals surface area contributed by atoms with Crippen LogP contribution in [0, 0.1) is 5.92 Å². The molecule has 206 valence electrons. The first kappa shape index (κ1) is 28.1. The van der Waals surface area contributed by atoms with Crippen molar-refractivity contribution in [3.8, 4) is 16.3 Å². The Morgan fingerprint density at radius 2 is 1.97 bits per heavy atom. The van der Waals surface area contributed by atoms with Crippen LogP contribution in [-0.4, -0.2) is 53.1 Å². The van der Waals surface area contributed by atoms with Crippen LogP contribution in [-0.2, 0) is 16.1 Å². The molecule has 0 saturated carbocycles. The summed E-state index contributed by atoms with van der Waals surface area (Å²) in [4.78, 5) is 44.4. The van der Waals surface area contributed by atoms with Crippen molar-refractivity contribution in [2.75, 3.05) is 25.0 Å². The topological polar surface area (TPSA) is 110 Å². The van der Waals surface area contributed by atoms with Crippen molar-refractivity contribution in [3.05, 3.63) is 65.2 Å². The molecule has 1 aliphatic heterocycles. The van der Waals surface area contributed by atoms with Gasteiger partial charge in [-0.15, -0.1) is 11.3 Å². The number of hydrogen-bond acceptors (Lipinski definition) is 7. The van der Waals surface area contributed by atoms with Crippen LogP contribution in [0.5, 0.6) is 5.75 Å². The van der Waals surface area contributed by atoms with Crippen LogP contribution in [0.25, 0.3) is 10.6 Å². The van der Waals surface area contributed by atoms with Crippen LogP contribution in [0.2, 0.25) is 0 Å². The van der Waals surface area contributed by atoms with E-state index in [1.165, 1.54) is 0 Å². The van der Waals surface area contributed by atoms with Crippen molar-refractivity contribution in [3.63, 3.8) is 0 Å². The zero-order chi connectivity index (χ0) is 28.0. The first-order chi connectivity index (χ1) is 18.6. The fourth-order valence-electron chi connectivity index (χ4n) is 4.24. The highest BCUT2D eigenvalue weighted by molar-refractivity contribution is 7.13. The summed E-state index contributed by atoms with van der Waals surface area (Å²) in [5.41, 5.74) is 2.14. The summed E-state index contributed by atoms with van der Waals surface area (Å²) in [5, 5.41) is 8.69. The predicted molar refractivity (Wildman–Crippen MR) is 151 cm³/mol. The van der Waals surface area contributed by atoms with Crippen LogP contribution in [0.15, 0.2) is 54.0 Å². The van der Waals surface area contributed by atoms with Gasteiger partial charge >= 0.3 is 6.09 Å². The SMILES string of the molecule is CCOc1ccc(NC(=O)C2CCN(C(=O)OC(C)(C)C)C2)cc1C(=O)NCc1cccc(-c2nccs2)c1. The van der Waals surface area contributed by atoms with Crippen LogP contribution in [0.4, 0.5) is 10.5 Å². The minimum Gasteiger partial charge on any atom is -0.493 e. The molecule has 2 N–H and O–H groups in total. The molecule has 2 aromatic carbocycles. The van der Waals surface area contributed by atoms with E-state index >= 15 is 0 Å². The smallest absolute Gasteiger partial charge is 0.410 e. The molecule has 4 rings (SSSR count). The molecule has 1 saturated heterocycles. The highest BCUT2D eigenvalue weighted by Crippen LogP contribution is 2.26. The van der Waals surface area contributed by atoms with E-state index < -0.39 is 11.7 Å². The lowest BCUT2D eigenvalue weighted by Gasteiger charge is -2.24. The minimum atomic E-state index is -0.596. The first-order valence-corrected chi connectivity index (χ1v) is 13.8. The highest BCUT2D eigenvalue weighted by Gasteiger charge is 2.33. The highest BCUT2D eigenvalue weighted by atomic mass is 32.1. The number of hydrogen-bond donors (Lipinski definition) is 2. The largest absolute Gasteiger partial charge is 0.493 e. The van der Waals surface area contributed by atoms with E-state index in [2.05, 4.69) is 15.6 Å². The fourth-order valence-corrected chi connectivity index (χ4v) is 4.87. The van der Waals surface area contributed by atoms with E-state index in [-0.39, 0.29) is 24.3 Å². The van der Waals surface area contributed by atoms with Gasteiger partial charge in [0.15, 0.2) is 0 Å². The number of anilines is 1. The Hall–Kier alpha value is -3.92. The molecule has 9 nitrogen and oxygen atoms in total. The normalized spacial score (nSPS) is 15.1. The molecule has 1 fully saturated rings. The molecule has 1 aromatic heterocycles.